The third-order valence-corrected chi connectivity index (χ3v) is 4.75. The van der Waals surface area contributed by atoms with E-state index < -0.39 is 0 Å². The first kappa shape index (κ1) is 14.2. The summed E-state index contributed by atoms with van der Waals surface area (Å²) in [5.74, 6) is 0.270. The van der Waals surface area contributed by atoms with Gasteiger partial charge in [-0.3, -0.25) is 4.79 Å². The average molecular weight is 287 g/mol. The van der Waals surface area contributed by atoms with E-state index in [0.29, 0.717) is 18.6 Å². The Bertz CT molecular complexity index is 507. The van der Waals surface area contributed by atoms with Crippen LogP contribution in [-0.4, -0.2) is 42.5 Å². The average Bonchev–Trinajstić information content (AvgIpc) is 2.47. The smallest absolute Gasteiger partial charge is 0.242 e. The Morgan fingerprint density at radius 1 is 1.24 bits per heavy atom. The highest BCUT2D eigenvalue weighted by Gasteiger charge is 2.30. The topological polar surface area (TPSA) is 35.6 Å². The summed E-state index contributed by atoms with van der Waals surface area (Å²) in [4.78, 5) is 17.1. The van der Waals surface area contributed by atoms with E-state index in [2.05, 4.69) is 41.1 Å². The van der Waals surface area contributed by atoms with Gasteiger partial charge in [-0.1, -0.05) is 12.1 Å². The van der Waals surface area contributed by atoms with E-state index in [9.17, 15) is 4.79 Å². The molecule has 0 radical (unpaired) electrons. The second-order valence-electron chi connectivity index (χ2n) is 6.30. The zero-order chi connectivity index (χ0) is 14.8. The summed E-state index contributed by atoms with van der Waals surface area (Å²) in [6.45, 7) is 6.64. The van der Waals surface area contributed by atoms with Crippen LogP contribution in [0.1, 0.15) is 33.1 Å². The highest BCUT2D eigenvalue weighted by Crippen LogP contribution is 2.29. The molecule has 1 amide bonds. The molecule has 1 saturated heterocycles. The summed E-state index contributed by atoms with van der Waals surface area (Å²) in [7, 11) is 0. The van der Waals surface area contributed by atoms with Gasteiger partial charge in [0.05, 0.1) is 17.9 Å². The van der Waals surface area contributed by atoms with Crippen molar-refractivity contribution in [1.82, 2.24) is 4.90 Å². The summed E-state index contributed by atoms with van der Waals surface area (Å²) in [6, 6.07) is 9.00. The third-order valence-electron chi connectivity index (χ3n) is 4.75. The van der Waals surface area contributed by atoms with Gasteiger partial charge in [0.15, 0.2) is 0 Å². The zero-order valence-electron chi connectivity index (χ0n) is 13.0. The van der Waals surface area contributed by atoms with Gasteiger partial charge >= 0.3 is 0 Å². The van der Waals surface area contributed by atoms with Crippen molar-refractivity contribution in [2.24, 2.45) is 0 Å². The lowest BCUT2D eigenvalue weighted by molar-refractivity contribution is -0.135. The van der Waals surface area contributed by atoms with Crippen molar-refractivity contribution in [3.05, 3.63) is 24.3 Å². The SMILES string of the molecule is CC1CCCC(C)N1C(=O)CN1CCNc2ccccc21. The molecule has 3 rings (SSSR count). The van der Waals surface area contributed by atoms with Crippen molar-refractivity contribution >= 4 is 17.3 Å². The Labute approximate surface area is 127 Å². The van der Waals surface area contributed by atoms with E-state index in [4.69, 9.17) is 0 Å². The third kappa shape index (κ3) is 2.85. The molecule has 0 saturated carbocycles. The Morgan fingerprint density at radius 2 is 1.95 bits per heavy atom. The van der Waals surface area contributed by atoms with Crippen LogP contribution in [0.5, 0.6) is 0 Å². The zero-order valence-corrected chi connectivity index (χ0v) is 13.0. The van der Waals surface area contributed by atoms with Gasteiger partial charge in [-0.25, -0.2) is 0 Å². The molecule has 2 unspecified atom stereocenters. The molecular formula is C17H25N3O. The number of anilines is 2. The number of hydrogen-bond acceptors (Lipinski definition) is 3. The standard InChI is InChI=1S/C17H25N3O/c1-13-6-5-7-14(2)20(13)17(21)12-19-11-10-18-15-8-3-4-9-16(15)19/h3-4,8-9,13-14,18H,5-7,10-12H2,1-2H3. The first-order chi connectivity index (χ1) is 10.2. The number of hydrogen-bond donors (Lipinski definition) is 1. The Hall–Kier alpha value is -1.71. The molecule has 2 aliphatic heterocycles. The van der Waals surface area contributed by atoms with Crippen molar-refractivity contribution in [3.63, 3.8) is 0 Å². The minimum atomic E-state index is 0.270. The predicted molar refractivity (Wildman–Crippen MR) is 86.8 cm³/mol. The molecule has 114 valence electrons. The minimum absolute atomic E-state index is 0.270. The Balaban J connectivity index is 1.73. The van der Waals surface area contributed by atoms with Crippen LogP contribution >= 0.6 is 0 Å². The van der Waals surface area contributed by atoms with Crippen LogP contribution in [0.3, 0.4) is 0 Å². The lowest BCUT2D eigenvalue weighted by atomic mass is 9.97. The number of piperidine rings is 1. The van der Waals surface area contributed by atoms with Gasteiger partial charge in [-0.05, 0) is 45.2 Å². The lowest BCUT2D eigenvalue weighted by Crippen LogP contribution is -2.52. The Morgan fingerprint density at radius 3 is 2.71 bits per heavy atom. The second kappa shape index (κ2) is 5.96. The van der Waals surface area contributed by atoms with Gasteiger partial charge in [0.2, 0.25) is 5.91 Å². The van der Waals surface area contributed by atoms with Crippen molar-refractivity contribution in [2.45, 2.75) is 45.2 Å². The van der Waals surface area contributed by atoms with Crippen LogP contribution in [0.25, 0.3) is 0 Å². The predicted octanol–water partition coefficient (Wildman–Crippen LogP) is 2.71. The number of rotatable bonds is 2. The van der Waals surface area contributed by atoms with Crippen LogP contribution < -0.4 is 10.2 Å². The molecule has 2 heterocycles. The van der Waals surface area contributed by atoms with Gasteiger partial charge < -0.3 is 15.1 Å². The maximum atomic E-state index is 12.8. The monoisotopic (exact) mass is 287 g/mol. The fourth-order valence-corrected chi connectivity index (χ4v) is 3.67. The number of carbonyl (C=O) groups excluding carboxylic acids is 1. The largest absolute Gasteiger partial charge is 0.382 e. The summed E-state index contributed by atoms with van der Waals surface area (Å²) in [6.07, 6.45) is 3.50. The van der Waals surface area contributed by atoms with Crippen molar-refractivity contribution in [1.29, 1.82) is 0 Å². The van der Waals surface area contributed by atoms with Crippen LogP contribution in [0.15, 0.2) is 24.3 Å². The maximum absolute atomic E-state index is 12.8. The summed E-state index contributed by atoms with van der Waals surface area (Å²) in [5, 5.41) is 3.40. The molecule has 2 atom stereocenters. The first-order valence-corrected chi connectivity index (χ1v) is 8.06. The van der Waals surface area contributed by atoms with Gasteiger partial charge in [-0.15, -0.1) is 0 Å². The van der Waals surface area contributed by atoms with Crippen LogP contribution in [-0.2, 0) is 4.79 Å². The number of benzene rings is 1. The molecule has 0 bridgehead atoms. The number of nitrogens with zero attached hydrogens (tertiary/aromatic N) is 2. The molecular weight excluding hydrogens is 262 g/mol. The molecule has 1 aromatic rings. The molecule has 0 aliphatic carbocycles. The highest BCUT2D eigenvalue weighted by atomic mass is 16.2. The second-order valence-corrected chi connectivity index (χ2v) is 6.30. The molecule has 2 aliphatic rings. The van der Waals surface area contributed by atoms with Crippen molar-refractivity contribution in [3.8, 4) is 0 Å². The number of amides is 1. The van der Waals surface area contributed by atoms with Crippen LogP contribution in [0.4, 0.5) is 11.4 Å². The minimum Gasteiger partial charge on any atom is -0.382 e. The number of para-hydroxylation sites is 2. The summed E-state index contributed by atoms with van der Waals surface area (Å²) in [5.41, 5.74) is 2.28. The Kier molecular flexibility index (Phi) is 4.04. The lowest BCUT2D eigenvalue weighted by Gasteiger charge is -2.41. The fraction of sp³-hybridized carbons (Fsp3) is 0.588. The van der Waals surface area contributed by atoms with Gasteiger partial charge in [0.25, 0.3) is 0 Å². The van der Waals surface area contributed by atoms with E-state index in [1.165, 1.54) is 6.42 Å². The fourth-order valence-electron chi connectivity index (χ4n) is 3.67. The van der Waals surface area contributed by atoms with E-state index in [1.807, 2.05) is 12.1 Å². The molecule has 1 fully saturated rings. The van der Waals surface area contributed by atoms with Gasteiger partial charge in [0.1, 0.15) is 0 Å². The number of nitrogens with one attached hydrogen (secondary N) is 1. The van der Waals surface area contributed by atoms with E-state index in [1.54, 1.807) is 0 Å². The molecule has 1 N–H and O–H groups in total. The normalized spacial score (nSPS) is 25.2. The van der Waals surface area contributed by atoms with E-state index in [0.717, 1.165) is 37.3 Å². The van der Waals surface area contributed by atoms with Crippen LogP contribution in [0.2, 0.25) is 0 Å². The molecule has 0 spiro atoms. The van der Waals surface area contributed by atoms with Gasteiger partial charge in [0, 0.05) is 25.2 Å². The van der Waals surface area contributed by atoms with Crippen molar-refractivity contribution < 1.29 is 4.79 Å². The number of likely N-dealkylation sites (tertiary alicyclic amines) is 1. The summed E-state index contributed by atoms with van der Waals surface area (Å²) < 4.78 is 0. The molecule has 4 nitrogen and oxygen atoms in total. The number of carbonyl (C=O) groups is 1. The van der Waals surface area contributed by atoms with E-state index in [-0.39, 0.29) is 5.91 Å². The highest BCUT2D eigenvalue weighted by molar-refractivity contribution is 5.84. The van der Waals surface area contributed by atoms with Crippen LogP contribution in [0, 0.1) is 0 Å². The summed E-state index contributed by atoms with van der Waals surface area (Å²) >= 11 is 0. The molecule has 0 aromatic heterocycles. The van der Waals surface area contributed by atoms with E-state index >= 15 is 0 Å². The molecule has 21 heavy (non-hydrogen) atoms. The number of fused-ring (bicyclic) bond motifs is 1. The molecule has 1 aromatic carbocycles. The van der Waals surface area contributed by atoms with Gasteiger partial charge in [-0.2, -0.15) is 0 Å². The van der Waals surface area contributed by atoms with Crippen molar-refractivity contribution in [2.75, 3.05) is 29.9 Å². The maximum Gasteiger partial charge on any atom is 0.242 e. The molecule has 4 heteroatoms. The quantitative estimate of drug-likeness (QED) is 0.908. The first-order valence-electron chi connectivity index (χ1n) is 8.06.